The number of carbonyl (C=O) groups excluding carboxylic acids is 2. The summed E-state index contributed by atoms with van der Waals surface area (Å²) in [5.74, 6) is 0.315. The molecule has 1 atom stereocenters. The summed E-state index contributed by atoms with van der Waals surface area (Å²) >= 11 is 0. The Morgan fingerprint density at radius 1 is 1.03 bits per heavy atom. The Bertz CT molecular complexity index is 958. The van der Waals surface area contributed by atoms with Crippen molar-refractivity contribution in [3.8, 4) is 0 Å². The fourth-order valence-electron chi connectivity index (χ4n) is 3.20. The predicted molar refractivity (Wildman–Crippen MR) is 112 cm³/mol. The fourth-order valence-corrected chi connectivity index (χ4v) is 3.20. The van der Waals surface area contributed by atoms with E-state index < -0.39 is 6.04 Å². The third-order valence-electron chi connectivity index (χ3n) is 4.85. The van der Waals surface area contributed by atoms with Gasteiger partial charge in [-0.1, -0.05) is 60.7 Å². The number of nitrogens with one attached hydrogen (secondary N) is 1. The molecule has 3 rings (SSSR count). The first kappa shape index (κ1) is 21.2. The van der Waals surface area contributed by atoms with Gasteiger partial charge in [-0.15, -0.1) is 5.10 Å². The topological polar surface area (TPSA) is 93.0 Å². The minimum atomic E-state index is -0.584. The van der Waals surface area contributed by atoms with Crippen LogP contribution in [0.1, 0.15) is 29.4 Å². The number of aryl methyl sites for hydroxylation is 1. The molecule has 8 heteroatoms. The maximum absolute atomic E-state index is 12.9. The van der Waals surface area contributed by atoms with E-state index >= 15 is 0 Å². The van der Waals surface area contributed by atoms with E-state index in [2.05, 4.69) is 20.8 Å². The lowest BCUT2D eigenvalue weighted by Crippen LogP contribution is -2.37. The highest BCUT2D eigenvalue weighted by Gasteiger charge is 2.24. The molecular weight excluding hydrogens is 380 g/mol. The van der Waals surface area contributed by atoms with Crippen LogP contribution in [0.25, 0.3) is 0 Å². The van der Waals surface area contributed by atoms with E-state index in [9.17, 15) is 9.59 Å². The summed E-state index contributed by atoms with van der Waals surface area (Å²) in [7, 11) is 1.76. The Morgan fingerprint density at radius 2 is 1.67 bits per heavy atom. The Balaban J connectivity index is 1.56. The number of hydrogen-bond acceptors (Lipinski definition) is 5. The number of nitrogens with zero attached hydrogens (tertiary/aromatic N) is 5. The largest absolute Gasteiger partial charge is 0.354 e. The standard InChI is InChI=1S/C22H26N6O2/c1-17-24-25-26-28(17)20(15-18-9-5-3-6-10-18)22(30)23-14-13-21(29)27(2)16-19-11-7-4-8-12-19/h3-12,20H,13-16H2,1-2H3,(H,23,30). The quantitative estimate of drug-likeness (QED) is 0.586. The molecule has 0 saturated carbocycles. The molecule has 1 aromatic heterocycles. The zero-order valence-corrected chi connectivity index (χ0v) is 17.2. The number of hydrogen-bond donors (Lipinski definition) is 1. The predicted octanol–water partition coefficient (Wildman–Crippen LogP) is 1.93. The molecule has 0 radical (unpaired) electrons. The van der Waals surface area contributed by atoms with Crippen molar-refractivity contribution >= 4 is 11.8 Å². The van der Waals surface area contributed by atoms with Gasteiger partial charge in [0.05, 0.1) is 0 Å². The lowest BCUT2D eigenvalue weighted by molar-refractivity contribution is -0.130. The minimum absolute atomic E-state index is 0.0302. The molecule has 0 saturated heterocycles. The summed E-state index contributed by atoms with van der Waals surface area (Å²) in [6.45, 7) is 2.55. The van der Waals surface area contributed by atoms with Crippen molar-refractivity contribution in [2.24, 2.45) is 0 Å². The monoisotopic (exact) mass is 406 g/mol. The van der Waals surface area contributed by atoms with Gasteiger partial charge in [0.25, 0.3) is 0 Å². The molecule has 0 aliphatic rings. The van der Waals surface area contributed by atoms with E-state index in [0.29, 0.717) is 18.8 Å². The number of carbonyl (C=O) groups is 2. The minimum Gasteiger partial charge on any atom is -0.354 e. The molecule has 0 bridgehead atoms. The van der Waals surface area contributed by atoms with Gasteiger partial charge in [0.1, 0.15) is 11.9 Å². The van der Waals surface area contributed by atoms with Crippen LogP contribution in [0.3, 0.4) is 0 Å². The number of benzene rings is 2. The summed E-state index contributed by atoms with van der Waals surface area (Å²) in [6, 6.07) is 18.9. The maximum Gasteiger partial charge on any atom is 0.245 e. The Labute approximate surface area is 175 Å². The summed E-state index contributed by atoms with van der Waals surface area (Å²) in [6.07, 6.45) is 0.683. The highest BCUT2D eigenvalue weighted by molar-refractivity contribution is 5.82. The number of aromatic nitrogens is 4. The van der Waals surface area contributed by atoms with Crippen molar-refractivity contribution in [3.63, 3.8) is 0 Å². The van der Waals surface area contributed by atoms with Gasteiger partial charge in [0.2, 0.25) is 11.8 Å². The van der Waals surface area contributed by atoms with Gasteiger partial charge in [-0.3, -0.25) is 9.59 Å². The van der Waals surface area contributed by atoms with Crippen molar-refractivity contribution < 1.29 is 9.59 Å². The Morgan fingerprint density at radius 3 is 2.27 bits per heavy atom. The summed E-state index contributed by atoms with van der Waals surface area (Å²) in [5.41, 5.74) is 2.07. The zero-order chi connectivity index (χ0) is 21.3. The second-order valence-corrected chi connectivity index (χ2v) is 7.15. The van der Waals surface area contributed by atoms with Crippen LogP contribution in [0.5, 0.6) is 0 Å². The maximum atomic E-state index is 12.9. The first-order chi connectivity index (χ1) is 14.5. The molecular formula is C22H26N6O2. The van der Waals surface area contributed by atoms with Crippen molar-refractivity contribution in [2.75, 3.05) is 13.6 Å². The van der Waals surface area contributed by atoms with Crippen LogP contribution in [0.15, 0.2) is 60.7 Å². The normalized spacial score (nSPS) is 11.7. The molecule has 0 aliphatic heterocycles. The fraction of sp³-hybridized carbons (Fsp3) is 0.318. The molecule has 0 spiro atoms. The summed E-state index contributed by atoms with van der Waals surface area (Å²) < 4.78 is 1.52. The summed E-state index contributed by atoms with van der Waals surface area (Å²) in [5, 5.41) is 14.4. The van der Waals surface area contributed by atoms with Crippen LogP contribution in [-0.4, -0.2) is 50.5 Å². The molecule has 2 amide bonds. The van der Waals surface area contributed by atoms with Crippen molar-refractivity contribution in [1.82, 2.24) is 30.4 Å². The van der Waals surface area contributed by atoms with E-state index in [1.165, 1.54) is 4.68 Å². The average Bonchev–Trinajstić information content (AvgIpc) is 3.18. The molecule has 0 fully saturated rings. The zero-order valence-electron chi connectivity index (χ0n) is 17.2. The van der Waals surface area contributed by atoms with E-state index in [1.807, 2.05) is 60.7 Å². The molecule has 3 aromatic rings. The van der Waals surface area contributed by atoms with Crippen LogP contribution in [0, 0.1) is 6.92 Å². The smallest absolute Gasteiger partial charge is 0.245 e. The SMILES string of the molecule is Cc1nnnn1C(Cc1ccccc1)C(=O)NCCC(=O)N(C)Cc1ccccc1. The first-order valence-electron chi connectivity index (χ1n) is 9.88. The van der Waals surface area contributed by atoms with Crippen LogP contribution < -0.4 is 5.32 Å². The number of tetrazole rings is 1. The third-order valence-corrected chi connectivity index (χ3v) is 4.85. The highest BCUT2D eigenvalue weighted by Crippen LogP contribution is 2.15. The Kier molecular flexibility index (Phi) is 7.26. The molecule has 1 unspecified atom stereocenters. The van der Waals surface area contributed by atoms with E-state index in [4.69, 9.17) is 0 Å². The second-order valence-electron chi connectivity index (χ2n) is 7.15. The van der Waals surface area contributed by atoms with Gasteiger partial charge < -0.3 is 10.2 Å². The first-order valence-corrected chi connectivity index (χ1v) is 9.88. The molecule has 1 N–H and O–H groups in total. The lowest BCUT2D eigenvalue weighted by atomic mass is 10.1. The highest BCUT2D eigenvalue weighted by atomic mass is 16.2. The van der Waals surface area contributed by atoms with Crippen LogP contribution in [-0.2, 0) is 22.6 Å². The van der Waals surface area contributed by atoms with Crippen LogP contribution in [0.2, 0.25) is 0 Å². The van der Waals surface area contributed by atoms with Gasteiger partial charge in [-0.05, 0) is 28.5 Å². The van der Waals surface area contributed by atoms with Gasteiger partial charge in [-0.25, -0.2) is 4.68 Å². The molecule has 2 aromatic carbocycles. The van der Waals surface area contributed by atoms with Crippen molar-refractivity contribution in [1.29, 1.82) is 0 Å². The van der Waals surface area contributed by atoms with E-state index in [1.54, 1.807) is 18.9 Å². The number of rotatable bonds is 9. The molecule has 8 nitrogen and oxygen atoms in total. The van der Waals surface area contributed by atoms with E-state index in [-0.39, 0.29) is 24.8 Å². The molecule has 30 heavy (non-hydrogen) atoms. The van der Waals surface area contributed by atoms with Crippen molar-refractivity contribution in [2.45, 2.75) is 32.4 Å². The molecule has 1 heterocycles. The third kappa shape index (κ3) is 5.73. The average molecular weight is 406 g/mol. The van der Waals surface area contributed by atoms with Gasteiger partial charge >= 0.3 is 0 Å². The Hall–Kier alpha value is -3.55. The molecule has 156 valence electrons. The van der Waals surface area contributed by atoms with Crippen LogP contribution >= 0.6 is 0 Å². The van der Waals surface area contributed by atoms with Crippen LogP contribution in [0.4, 0.5) is 0 Å². The van der Waals surface area contributed by atoms with Gasteiger partial charge in [0.15, 0.2) is 0 Å². The summed E-state index contributed by atoms with van der Waals surface area (Å²) in [4.78, 5) is 27.0. The lowest BCUT2D eigenvalue weighted by Gasteiger charge is -2.19. The number of amides is 2. The second kappa shape index (κ2) is 10.3. The van der Waals surface area contributed by atoms with Gasteiger partial charge in [0, 0.05) is 33.0 Å². The van der Waals surface area contributed by atoms with E-state index in [0.717, 1.165) is 11.1 Å². The molecule has 0 aliphatic carbocycles. The van der Waals surface area contributed by atoms with Gasteiger partial charge in [-0.2, -0.15) is 0 Å². The van der Waals surface area contributed by atoms with Crippen molar-refractivity contribution in [3.05, 3.63) is 77.6 Å².